The van der Waals surface area contributed by atoms with Crippen molar-refractivity contribution in [2.45, 2.75) is 32.7 Å². The Morgan fingerprint density at radius 1 is 1.15 bits per heavy atom. The number of aryl methyl sites for hydroxylation is 1. The molecule has 0 saturated carbocycles. The van der Waals surface area contributed by atoms with Gasteiger partial charge in [0.1, 0.15) is 28.6 Å². The number of methoxy groups -OCH3 is 1. The summed E-state index contributed by atoms with van der Waals surface area (Å²) in [4.78, 5) is 26.7. The van der Waals surface area contributed by atoms with Gasteiger partial charge in [-0.25, -0.2) is 4.39 Å². The Bertz CT molecular complexity index is 1650. The van der Waals surface area contributed by atoms with Gasteiger partial charge in [0.2, 0.25) is 0 Å². The van der Waals surface area contributed by atoms with Gasteiger partial charge in [-0.05, 0) is 69.2 Å². The SMILES string of the molecule is COc1ccc2c(c1)/C(=C/C(=O)c1cccc(NC(=O)c3c(-c4c(F)cccc4Cl)noc3C)c1)NC(C)(C)C2. The lowest BCUT2D eigenvalue weighted by molar-refractivity contribution is 0.102. The highest BCUT2D eigenvalue weighted by Gasteiger charge is 2.29. The second-order valence-corrected chi connectivity index (χ2v) is 10.6. The number of nitrogens with zero attached hydrogens (tertiary/aromatic N) is 1. The molecule has 0 aliphatic carbocycles. The van der Waals surface area contributed by atoms with Crippen LogP contribution in [0.1, 0.15) is 51.5 Å². The Labute approximate surface area is 236 Å². The number of aromatic nitrogens is 1. The summed E-state index contributed by atoms with van der Waals surface area (Å²) in [5.41, 5.74) is 3.22. The Hall–Kier alpha value is -4.43. The molecule has 1 aromatic heterocycles. The van der Waals surface area contributed by atoms with Crippen LogP contribution >= 0.6 is 11.6 Å². The molecule has 40 heavy (non-hydrogen) atoms. The fourth-order valence-electron chi connectivity index (χ4n) is 4.85. The third-order valence-corrected chi connectivity index (χ3v) is 7.00. The summed E-state index contributed by atoms with van der Waals surface area (Å²) in [6.07, 6.45) is 2.35. The molecule has 0 spiro atoms. The number of hydrogen-bond donors (Lipinski definition) is 2. The first kappa shape index (κ1) is 27.1. The standard InChI is InChI=1S/C31H27ClFN3O4/c1-17-27(29(36-40-17)28-23(32)9-6-10-24(28)33)30(38)34-20-8-5-7-18(13-20)26(37)15-25-22-14-21(39-4)12-11-19(22)16-31(2,3)35-25/h5-15,35H,16H2,1-4H3,(H,34,38)/b25-15-. The maximum absolute atomic E-state index is 14.6. The molecular weight excluding hydrogens is 533 g/mol. The van der Waals surface area contributed by atoms with Gasteiger partial charge in [0.15, 0.2) is 5.78 Å². The molecule has 0 saturated heterocycles. The molecule has 4 aromatic rings. The van der Waals surface area contributed by atoms with Crippen molar-refractivity contribution >= 4 is 34.7 Å². The van der Waals surface area contributed by atoms with Gasteiger partial charge in [-0.3, -0.25) is 9.59 Å². The van der Waals surface area contributed by atoms with E-state index in [1.54, 1.807) is 44.4 Å². The number of rotatable bonds is 6. The molecule has 2 heterocycles. The molecule has 9 heteroatoms. The Morgan fingerprint density at radius 3 is 2.67 bits per heavy atom. The van der Waals surface area contributed by atoms with Crippen molar-refractivity contribution in [1.82, 2.24) is 10.5 Å². The predicted molar refractivity (Wildman–Crippen MR) is 152 cm³/mol. The number of fused-ring (bicyclic) bond motifs is 1. The quantitative estimate of drug-likeness (QED) is 0.198. The fourth-order valence-corrected chi connectivity index (χ4v) is 5.10. The monoisotopic (exact) mass is 559 g/mol. The van der Waals surface area contributed by atoms with Crippen molar-refractivity contribution in [1.29, 1.82) is 0 Å². The molecule has 0 bridgehead atoms. The van der Waals surface area contributed by atoms with Crippen molar-refractivity contribution < 1.29 is 23.2 Å². The molecular formula is C31H27ClFN3O4. The average molecular weight is 560 g/mol. The van der Waals surface area contributed by atoms with Gasteiger partial charge in [0.05, 0.1) is 17.7 Å². The molecule has 0 radical (unpaired) electrons. The summed E-state index contributed by atoms with van der Waals surface area (Å²) in [6.45, 7) is 5.70. The smallest absolute Gasteiger partial charge is 0.261 e. The predicted octanol–water partition coefficient (Wildman–Crippen LogP) is 6.85. The third kappa shape index (κ3) is 5.35. The number of halogens is 2. The summed E-state index contributed by atoms with van der Waals surface area (Å²) < 4.78 is 25.2. The molecule has 0 unspecified atom stereocenters. The summed E-state index contributed by atoms with van der Waals surface area (Å²) in [5.74, 6) is -0.556. The number of ketones is 1. The van der Waals surface area contributed by atoms with Crippen LogP contribution in [-0.2, 0) is 6.42 Å². The molecule has 1 aliphatic rings. The van der Waals surface area contributed by atoms with Gasteiger partial charge in [0, 0.05) is 34.1 Å². The van der Waals surface area contributed by atoms with Crippen molar-refractivity contribution in [2.75, 3.05) is 12.4 Å². The molecule has 2 N–H and O–H groups in total. The van der Waals surface area contributed by atoms with Crippen LogP contribution in [0.4, 0.5) is 10.1 Å². The van der Waals surface area contributed by atoms with E-state index in [-0.39, 0.29) is 38.9 Å². The molecule has 204 valence electrons. The molecule has 0 fully saturated rings. The van der Waals surface area contributed by atoms with Gasteiger partial charge < -0.3 is 19.9 Å². The summed E-state index contributed by atoms with van der Waals surface area (Å²) >= 11 is 6.20. The zero-order valence-corrected chi connectivity index (χ0v) is 23.2. The average Bonchev–Trinajstić information content (AvgIpc) is 3.28. The van der Waals surface area contributed by atoms with Crippen LogP contribution in [0, 0.1) is 12.7 Å². The van der Waals surface area contributed by atoms with Gasteiger partial charge in [-0.2, -0.15) is 0 Å². The number of hydrogen-bond acceptors (Lipinski definition) is 6. The summed E-state index contributed by atoms with van der Waals surface area (Å²) in [5, 5.41) is 10.2. The van der Waals surface area contributed by atoms with Crippen molar-refractivity contribution in [2.24, 2.45) is 0 Å². The van der Waals surface area contributed by atoms with Crippen molar-refractivity contribution in [3.63, 3.8) is 0 Å². The number of amides is 1. The normalized spacial score (nSPS) is 14.8. The number of carbonyl (C=O) groups excluding carboxylic acids is 2. The third-order valence-electron chi connectivity index (χ3n) is 6.68. The van der Waals surface area contributed by atoms with Crippen LogP contribution in [0.3, 0.4) is 0 Å². The first-order chi connectivity index (χ1) is 19.1. The molecule has 3 aromatic carbocycles. The van der Waals surface area contributed by atoms with Crippen LogP contribution in [0.2, 0.25) is 5.02 Å². The minimum Gasteiger partial charge on any atom is -0.497 e. The lowest BCUT2D eigenvalue weighted by atomic mass is 9.85. The number of carbonyl (C=O) groups is 2. The number of nitrogens with one attached hydrogen (secondary N) is 2. The van der Waals surface area contributed by atoms with E-state index in [1.807, 2.05) is 18.2 Å². The zero-order valence-electron chi connectivity index (χ0n) is 22.4. The van der Waals surface area contributed by atoms with Gasteiger partial charge in [-0.15, -0.1) is 0 Å². The van der Waals surface area contributed by atoms with E-state index in [4.69, 9.17) is 20.9 Å². The van der Waals surface area contributed by atoms with E-state index in [2.05, 4.69) is 29.6 Å². The topological polar surface area (TPSA) is 93.5 Å². The lowest BCUT2D eigenvalue weighted by Crippen LogP contribution is -2.43. The van der Waals surface area contributed by atoms with E-state index in [0.29, 0.717) is 22.7 Å². The van der Waals surface area contributed by atoms with Gasteiger partial charge >= 0.3 is 0 Å². The van der Waals surface area contributed by atoms with E-state index in [1.165, 1.54) is 18.2 Å². The van der Waals surface area contributed by atoms with Crippen molar-refractivity contribution in [3.05, 3.63) is 106 Å². The second-order valence-electron chi connectivity index (χ2n) is 10.2. The molecule has 5 rings (SSSR count). The van der Waals surface area contributed by atoms with Crippen LogP contribution in [0.5, 0.6) is 5.75 Å². The Balaban J connectivity index is 1.43. The molecule has 1 aliphatic heterocycles. The van der Waals surface area contributed by atoms with Crippen LogP contribution in [0.25, 0.3) is 17.0 Å². The zero-order chi connectivity index (χ0) is 28.6. The summed E-state index contributed by atoms with van der Waals surface area (Å²) in [7, 11) is 1.60. The van der Waals surface area contributed by atoms with E-state index < -0.39 is 11.7 Å². The highest BCUT2D eigenvalue weighted by Crippen LogP contribution is 2.35. The largest absolute Gasteiger partial charge is 0.497 e. The van der Waals surface area contributed by atoms with Crippen LogP contribution < -0.4 is 15.4 Å². The van der Waals surface area contributed by atoms with Crippen LogP contribution in [-0.4, -0.2) is 29.5 Å². The first-order valence-corrected chi connectivity index (χ1v) is 13.0. The van der Waals surface area contributed by atoms with E-state index in [0.717, 1.165) is 17.5 Å². The minimum atomic E-state index is -0.630. The highest BCUT2D eigenvalue weighted by molar-refractivity contribution is 6.33. The molecule has 0 atom stereocenters. The Morgan fingerprint density at radius 2 is 1.93 bits per heavy atom. The molecule has 1 amide bonds. The van der Waals surface area contributed by atoms with Gasteiger partial charge in [0.25, 0.3) is 5.91 Å². The highest BCUT2D eigenvalue weighted by atomic mass is 35.5. The fraction of sp³-hybridized carbons (Fsp3) is 0.194. The second kappa shape index (κ2) is 10.6. The lowest BCUT2D eigenvalue weighted by Gasteiger charge is -2.35. The number of ether oxygens (including phenoxy) is 1. The van der Waals surface area contributed by atoms with Crippen LogP contribution in [0.15, 0.2) is 71.3 Å². The molecule has 7 nitrogen and oxygen atoms in total. The number of allylic oxidation sites excluding steroid dienone is 1. The Kier molecular flexibility index (Phi) is 7.21. The summed E-state index contributed by atoms with van der Waals surface area (Å²) in [6, 6.07) is 16.6. The van der Waals surface area contributed by atoms with E-state index >= 15 is 0 Å². The number of benzene rings is 3. The van der Waals surface area contributed by atoms with Gasteiger partial charge in [-0.1, -0.05) is 41.0 Å². The van der Waals surface area contributed by atoms with Crippen molar-refractivity contribution in [3.8, 4) is 17.0 Å². The number of anilines is 1. The van der Waals surface area contributed by atoms with E-state index in [9.17, 15) is 14.0 Å². The maximum atomic E-state index is 14.6. The first-order valence-electron chi connectivity index (χ1n) is 12.6. The minimum absolute atomic E-state index is 0.00450. The maximum Gasteiger partial charge on any atom is 0.261 e.